The second-order valence-electron chi connectivity index (χ2n) is 2.49. The molecule has 0 aliphatic rings. The first-order chi connectivity index (χ1) is 5.63. The Labute approximate surface area is 70.2 Å². The highest BCUT2D eigenvalue weighted by Crippen LogP contribution is 2.09. The minimum absolute atomic E-state index is 0.197. The Bertz CT molecular complexity index is 297. The van der Waals surface area contributed by atoms with Crippen LogP contribution in [0.1, 0.15) is 10.5 Å². The zero-order valence-electron chi connectivity index (χ0n) is 6.98. The van der Waals surface area contributed by atoms with Crippen molar-refractivity contribution < 1.29 is 4.79 Å². The van der Waals surface area contributed by atoms with Crippen LogP contribution in [0.4, 0.5) is 5.82 Å². The van der Waals surface area contributed by atoms with Crippen molar-refractivity contribution in [1.29, 1.82) is 0 Å². The van der Waals surface area contributed by atoms with E-state index in [9.17, 15) is 4.79 Å². The van der Waals surface area contributed by atoms with Crippen LogP contribution >= 0.6 is 0 Å². The average Bonchev–Trinajstić information content (AvgIpc) is 2.04. The topological polar surface area (TPSA) is 72.1 Å². The van der Waals surface area contributed by atoms with E-state index in [2.05, 4.69) is 9.97 Å². The summed E-state index contributed by atoms with van der Waals surface area (Å²) in [6, 6.07) is 0. The third-order valence-electron chi connectivity index (χ3n) is 1.34. The van der Waals surface area contributed by atoms with Crippen LogP contribution in [0.25, 0.3) is 0 Å². The van der Waals surface area contributed by atoms with Crippen molar-refractivity contribution in [3.8, 4) is 0 Å². The molecule has 5 nitrogen and oxygen atoms in total. The lowest BCUT2D eigenvalue weighted by atomic mass is 10.4. The molecule has 0 aliphatic carbocycles. The van der Waals surface area contributed by atoms with E-state index in [1.807, 2.05) is 0 Å². The molecule has 0 aliphatic heterocycles. The number of nitrogens with zero attached hydrogens (tertiary/aromatic N) is 3. The monoisotopic (exact) mass is 166 g/mol. The van der Waals surface area contributed by atoms with Crippen LogP contribution in [-0.4, -0.2) is 30.0 Å². The van der Waals surface area contributed by atoms with E-state index >= 15 is 0 Å². The lowest BCUT2D eigenvalue weighted by molar-refractivity contribution is 0.0996. The van der Waals surface area contributed by atoms with Gasteiger partial charge in [-0.25, -0.2) is 9.97 Å². The number of hydrogen-bond donors (Lipinski definition) is 1. The van der Waals surface area contributed by atoms with Crippen LogP contribution < -0.4 is 10.6 Å². The number of carbonyl (C=O) groups excluding carboxylic acids is 1. The molecule has 0 unspecified atom stereocenters. The van der Waals surface area contributed by atoms with Crippen molar-refractivity contribution in [2.24, 2.45) is 5.73 Å². The van der Waals surface area contributed by atoms with Gasteiger partial charge in [0.1, 0.15) is 0 Å². The van der Waals surface area contributed by atoms with E-state index in [-0.39, 0.29) is 5.69 Å². The van der Waals surface area contributed by atoms with Crippen molar-refractivity contribution in [2.75, 3.05) is 19.0 Å². The number of primary amides is 1. The van der Waals surface area contributed by atoms with Crippen LogP contribution in [0.2, 0.25) is 0 Å². The average molecular weight is 166 g/mol. The first kappa shape index (κ1) is 8.45. The molecule has 0 radical (unpaired) electrons. The molecule has 0 aromatic carbocycles. The number of carbonyl (C=O) groups is 1. The standard InChI is InChI=1S/C7H10N4O/c1-11(2)7-5(6(8)12)9-3-4-10-7/h3-4H,1-2H3,(H2,8,12). The molecule has 5 heteroatoms. The smallest absolute Gasteiger partial charge is 0.271 e. The molecular formula is C7H10N4O. The minimum atomic E-state index is -0.563. The van der Waals surface area contributed by atoms with Gasteiger partial charge in [-0.05, 0) is 0 Å². The van der Waals surface area contributed by atoms with Gasteiger partial charge in [0.05, 0.1) is 0 Å². The normalized spacial score (nSPS) is 9.50. The number of amides is 1. The van der Waals surface area contributed by atoms with Crippen LogP contribution in [0, 0.1) is 0 Å². The summed E-state index contributed by atoms with van der Waals surface area (Å²) in [5.74, 6) is -0.0724. The molecule has 1 amide bonds. The summed E-state index contributed by atoms with van der Waals surface area (Å²) in [5.41, 5.74) is 5.28. The van der Waals surface area contributed by atoms with Crippen LogP contribution in [0.15, 0.2) is 12.4 Å². The van der Waals surface area contributed by atoms with Crippen molar-refractivity contribution in [3.05, 3.63) is 18.1 Å². The number of hydrogen-bond acceptors (Lipinski definition) is 4. The van der Waals surface area contributed by atoms with Gasteiger partial charge in [0.2, 0.25) is 0 Å². The lowest BCUT2D eigenvalue weighted by Crippen LogP contribution is -2.21. The molecule has 1 rings (SSSR count). The van der Waals surface area contributed by atoms with Crippen molar-refractivity contribution >= 4 is 11.7 Å². The summed E-state index contributed by atoms with van der Waals surface area (Å²) in [6.07, 6.45) is 2.95. The molecule has 1 aromatic heterocycles. The lowest BCUT2D eigenvalue weighted by Gasteiger charge is -2.12. The van der Waals surface area contributed by atoms with E-state index in [0.29, 0.717) is 5.82 Å². The molecule has 64 valence electrons. The summed E-state index contributed by atoms with van der Waals surface area (Å²) in [6.45, 7) is 0. The van der Waals surface area contributed by atoms with E-state index in [1.54, 1.807) is 19.0 Å². The molecular weight excluding hydrogens is 156 g/mol. The third kappa shape index (κ3) is 1.50. The highest BCUT2D eigenvalue weighted by molar-refractivity contribution is 5.95. The van der Waals surface area contributed by atoms with E-state index in [1.165, 1.54) is 12.4 Å². The summed E-state index contributed by atoms with van der Waals surface area (Å²) in [5, 5.41) is 0. The first-order valence-corrected chi connectivity index (χ1v) is 3.41. The molecule has 0 saturated heterocycles. The Morgan fingerprint density at radius 3 is 2.42 bits per heavy atom. The van der Waals surface area contributed by atoms with Crippen LogP contribution in [0.5, 0.6) is 0 Å². The molecule has 0 atom stereocenters. The van der Waals surface area contributed by atoms with Gasteiger partial charge in [0.15, 0.2) is 11.5 Å². The second kappa shape index (κ2) is 3.17. The van der Waals surface area contributed by atoms with Crippen molar-refractivity contribution in [2.45, 2.75) is 0 Å². The highest BCUT2D eigenvalue weighted by atomic mass is 16.1. The Balaban J connectivity index is 3.17. The molecule has 0 fully saturated rings. The quantitative estimate of drug-likeness (QED) is 0.651. The number of nitrogens with two attached hydrogens (primary N) is 1. The van der Waals surface area contributed by atoms with E-state index in [4.69, 9.17) is 5.73 Å². The molecule has 1 aromatic rings. The third-order valence-corrected chi connectivity index (χ3v) is 1.34. The number of aromatic nitrogens is 2. The Kier molecular flexibility index (Phi) is 2.23. The summed E-state index contributed by atoms with van der Waals surface area (Å²) < 4.78 is 0. The summed E-state index contributed by atoms with van der Waals surface area (Å²) in [7, 11) is 3.55. The van der Waals surface area contributed by atoms with Gasteiger partial charge >= 0.3 is 0 Å². The molecule has 0 spiro atoms. The Morgan fingerprint density at radius 2 is 2.00 bits per heavy atom. The maximum absolute atomic E-state index is 10.8. The van der Waals surface area contributed by atoms with Gasteiger partial charge in [-0.3, -0.25) is 4.79 Å². The van der Waals surface area contributed by atoms with Gasteiger partial charge in [-0.15, -0.1) is 0 Å². The zero-order valence-corrected chi connectivity index (χ0v) is 6.98. The predicted molar refractivity (Wildman–Crippen MR) is 44.9 cm³/mol. The number of rotatable bonds is 2. The van der Waals surface area contributed by atoms with E-state index < -0.39 is 5.91 Å². The second-order valence-corrected chi connectivity index (χ2v) is 2.49. The Morgan fingerprint density at radius 1 is 1.42 bits per heavy atom. The maximum atomic E-state index is 10.8. The highest BCUT2D eigenvalue weighted by Gasteiger charge is 2.11. The summed E-state index contributed by atoms with van der Waals surface area (Å²) in [4.78, 5) is 20.3. The predicted octanol–water partition coefficient (Wildman–Crippen LogP) is -0.358. The van der Waals surface area contributed by atoms with Crippen LogP contribution in [-0.2, 0) is 0 Å². The van der Waals surface area contributed by atoms with Gasteiger partial charge in [-0.1, -0.05) is 0 Å². The van der Waals surface area contributed by atoms with Crippen molar-refractivity contribution in [1.82, 2.24) is 9.97 Å². The van der Waals surface area contributed by atoms with Gasteiger partial charge in [0.25, 0.3) is 5.91 Å². The molecule has 0 bridgehead atoms. The molecule has 12 heavy (non-hydrogen) atoms. The fourth-order valence-corrected chi connectivity index (χ4v) is 0.832. The van der Waals surface area contributed by atoms with Gasteiger partial charge < -0.3 is 10.6 Å². The minimum Gasteiger partial charge on any atom is -0.364 e. The van der Waals surface area contributed by atoms with Crippen LogP contribution in [0.3, 0.4) is 0 Å². The molecule has 2 N–H and O–H groups in total. The summed E-state index contributed by atoms with van der Waals surface area (Å²) >= 11 is 0. The Hall–Kier alpha value is -1.65. The SMILES string of the molecule is CN(C)c1nccnc1C(N)=O. The molecule has 0 saturated carbocycles. The first-order valence-electron chi connectivity index (χ1n) is 3.41. The van der Waals surface area contributed by atoms with E-state index in [0.717, 1.165) is 0 Å². The zero-order chi connectivity index (χ0) is 9.14. The maximum Gasteiger partial charge on any atom is 0.271 e. The fraction of sp³-hybridized carbons (Fsp3) is 0.286. The number of anilines is 1. The largest absolute Gasteiger partial charge is 0.364 e. The fourth-order valence-electron chi connectivity index (χ4n) is 0.832. The van der Waals surface area contributed by atoms with Gasteiger partial charge in [-0.2, -0.15) is 0 Å². The van der Waals surface area contributed by atoms with Crippen molar-refractivity contribution in [3.63, 3.8) is 0 Å². The molecule has 1 heterocycles. The van der Waals surface area contributed by atoms with Gasteiger partial charge in [0, 0.05) is 26.5 Å².